The van der Waals surface area contributed by atoms with Gasteiger partial charge in [0.1, 0.15) is 30.5 Å². The molecule has 234 valence electrons. The van der Waals surface area contributed by atoms with Crippen LogP contribution in [0.5, 0.6) is 17.2 Å². The van der Waals surface area contributed by atoms with Crippen molar-refractivity contribution in [2.75, 3.05) is 40.0 Å². The summed E-state index contributed by atoms with van der Waals surface area (Å²) in [4.78, 5) is 2.20. The third-order valence-electron chi connectivity index (χ3n) is 8.71. The summed E-state index contributed by atoms with van der Waals surface area (Å²) in [6.07, 6.45) is 4.10. The Hall–Kier alpha value is -3.62. The highest BCUT2D eigenvalue weighted by molar-refractivity contribution is 5.82. The van der Waals surface area contributed by atoms with Crippen molar-refractivity contribution in [2.24, 2.45) is 0 Å². The van der Waals surface area contributed by atoms with Gasteiger partial charge in [0.25, 0.3) is 0 Å². The van der Waals surface area contributed by atoms with E-state index in [1.807, 2.05) is 18.2 Å². The minimum absolute atomic E-state index is 0.136. The Labute approximate surface area is 261 Å². The largest absolute Gasteiger partial charge is 0.496 e. The van der Waals surface area contributed by atoms with Gasteiger partial charge in [0.2, 0.25) is 0 Å². The highest BCUT2D eigenvalue weighted by atomic mass is 16.5. The number of nitrogens with one attached hydrogen (secondary N) is 1. The van der Waals surface area contributed by atoms with E-state index >= 15 is 0 Å². The van der Waals surface area contributed by atoms with Crippen LogP contribution in [0.4, 0.5) is 0 Å². The van der Waals surface area contributed by atoms with Crippen LogP contribution in [-0.4, -0.2) is 61.2 Å². The number of likely N-dealkylation sites (tertiary alicyclic amines) is 1. The normalized spacial score (nSPS) is 15.6. The topological polar surface area (TPSA) is 83.4 Å². The van der Waals surface area contributed by atoms with Crippen molar-refractivity contribution in [3.8, 4) is 17.2 Å². The highest BCUT2D eigenvalue weighted by Crippen LogP contribution is 2.36. The first-order valence-electron chi connectivity index (χ1n) is 15.6. The molecule has 44 heavy (non-hydrogen) atoms. The number of nitrogens with zero attached hydrogens (tertiary/aromatic N) is 1. The zero-order chi connectivity index (χ0) is 31.1. The van der Waals surface area contributed by atoms with Crippen LogP contribution in [0, 0.1) is 13.8 Å². The second-order valence-corrected chi connectivity index (χ2v) is 11.9. The fourth-order valence-electron chi connectivity index (χ4n) is 6.02. The zero-order valence-electron chi connectivity index (χ0n) is 26.5. The number of aliphatic hydroxyl groups is 2. The van der Waals surface area contributed by atoms with Crippen molar-refractivity contribution >= 4 is 5.57 Å². The zero-order valence-corrected chi connectivity index (χ0v) is 26.5. The molecule has 1 fully saturated rings. The van der Waals surface area contributed by atoms with Gasteiger partial charge in [-0.05, 0) is 90.3 Å². The van der Waals surface area contributed by atoms with Crippen molar-refractivity contribution in [2.45, 2.75) is 59.4 Å². The van der Waals surface area contributed by atoms with Crippen LogP contribution in [0.1, 0.15) is 53.1 Å². The molecule has 1 aliphatic carbocycles. The number of β-amino-alcohol motifs (C(OH)–C–C–N with tert-alkyl or cyclic N) is 1. The number of hydrogen-bond donors (Lipinski definition) is 3. The smallest absolute Gasteiger partial charge is 0.127 e. The number of allylic oxidation sites excluding steroid dienone is 3. The molecule has 0 bridgehead atoms. The molecule has 7 nitrogen and oxygen atoms in total. The number of aliphatic hydroxyl groups excluding tert-OH is 2. The molecule has 0 aromatic heterocycles. The first kappa shape index (κ1) is 31.8. The van der Waals surface area contributed by atoms with Gasteiger partial charge in [-0.1, -0.05) is 42.5 Å². The second kappa shape index (κ2) is 14.9. The molecule has 0 amide bonds. The van der Waals surface area contributed by atoms with E-state index in [0.717, 1.165) is 54.3 Å². The molecule has 0 atom stereocenters. The van der Waals surface area contributed by atoms with Crippen molar-refractivity contribution in [1.29, 1.82) is 0 Å². The van der Waals surface area contributed by atoms with Gasteiger partial charge < -0.3 is 29.7 Å². The molecule has 5 rings (SSSR count). The van der Waals surface area contributed by atoms with Crippen LogP contribution in [0.25, 0.3) is 5.57 Å². The lowest BCUT2D eigenvalue weighted by molar-refractivity contribution is -0.00322. The van der Waals surface area contributed by atoms with E-state index < -0.39 is 0 Å². The maximum Gasteiger partial charge on any atom is 0.127 e. The number of hydrogen-bond acceptors (Lipinski definition) is 7. The number of methoxy groups -OCH3 is 1. The molecule has 1 saturated heterocycles. The van der Waals surface area contributed by atoms with Gasteiger partial charge in [-0.3, -0.25) is 4.90 Å². The van der Waals surface area contributed by atoms with Gasteiger partial charge >= 0.3 is 0 Å². The Morgan fingerprint density at radius 1 is 0.932 bits per heavy atom. The Kier molecular flexibility index (Phi) is 10.8. The molecule has 1 heterocycles. The quantitative estimate of drug-likeness (QED) is 0.205. The lowest BCUT2D eigenvalue weighted by Gasteiger charge is -2.36. The lowest BCUT2D eigenvalue weighted by Crippen LogP contribution is -2.49. The maximum atomic E-state index is 9.60. The van der Waals surface area contributed by atoms with Gasteiger partial charge in [-0.15, -0.1) is 0 Å². The third kappa shape index (κ3) is 7.71. The van der Waals surface area contributed by atoms with Crippen LogP contribution < -0.4 is 19.5 Å². The lowest BCUT2D eigenvalue weighted by atomic mass is 9.85. The molecule has 1 aliphatic heterocycles. The Morgan fingerprint density at radius 2 is 1.77 bits per heavy atom. The number of rotatable bonds is 14. The highest BCUT2D eigenvalue weighted by Gasteiger charge is 2.25. The van der Waals surface area contributed by atoms with Gasteiger partial charge in [0.05, 0.1) is 19.8 Å². The van der Waals surface area contributed by atoms with Crippen molar-refractivity contribution in [1.82, 2.24) is 10.2 Å². The minimum Gasteiger partial charge on any atom is -0.496 e. The molecule has 0 spiro atoms. The van der Waals surface area contributed by atoms with Crippen LogP contribution >= 0.6 is 0 Å². The SMILES string of the molecule is COc1cc(OCC2=C(C)C(c3cccc(COc4ccc(CNCCO)cc4C)c3C)=CCC2)ccc1CN1CC(O)C1. The Balaban J connectivity index is 1.23. The van der Waals surface area contributed by atoms with E-state index in [-0.39, 0.29) is 12.7 Å². The first-order chi connectivity index (χ1) is 21.4. The monoisotopic (exact) mass is 598 g/mol. The molecule has 3 aromatic rings. The molecule has 0 radical (unpaired) electrons. The number of aryl methyl sites for hydroxylation is 1. The average molecular weight is 599 g/mol. The van der Waals surface area contributed by atoms with E-state index in [1.165, 1.54) is 39.0 Å². The van der Waals surface area contributed by atoms with E-state index in [9.17, 15) is 5.11 Å². The molecule has 2 aliphatic rings. The first-order valence-corrected chi connectivity index (χ1v) is 15.6. The predicted octanol–water partition coefficient (Wildman–Crippen LogP) is 5.72. The number of benzene rings is 3. The van der Waals surface area contributed by atoms with E-state index in [1.54, 1.807) is 7.11 Å². The van der Waals surface area contributed by atoms with Crippen LogP contribution in [-0.2, 0) is 19.7 Å². The van der Waals surface area contributed by atoms with Gasteiger partial charge in [0.15, 0.2) is 0 Å². The molecule has 0 saturated carbocycles. The Bertz CT molecular complexity index is 1510. The fraction of sp³-hybridized carbons (Fsp3) is 0.405. The van der Waals surface area contributed by atoms with Crippen molar-refractivity contribution < 1.29 is 24.4 Å². The van der Waals surface area contributed by atoms with E-state index in [0.29, 0.717) is 32.8 Å². The van der Waals surface area contributed by atoms with Gasteiger partial charge in [0, 0.05) is 44.4 Å². The summed E-state index contributed by atoms with van der Waals surface area (Å²) < 4.78 is 18.2. The Morgan fingerprint density at radius 3 is 2.52 bits per heavy atom. The summed E-state index contributed by atoms with van der Waals surface area (Å²) in [6, 6.07) is 18.8. The van der Waals surface area contributed by atoms with Gasteiger partial charge in [-0.2, -0.15) is 0 Å². The molecule has 3 aromatic carbocycles. The van der Waals surface area contributed by atoms with Crippen molar-refractivity contribution in [3.05, 3.63) is 105 Å². The van der Waals surface area contributed by atoms with Crippen LogP contribution in [0.3, 0.4) is 0 Å². The predicted molar refractivity (Wildman–Crippen MR) is 175 cm³/mol. The summed E-state index contributed by atoms with van der Waals surface area (Å²) in [7, 11) is 1.69. The molecule has 0 unspecified atom stereocenters. The summed E-state index contributed by atoms with van der Waals surface area (Å²) in [6.45, 7) is 11.1. The van der Waals surface area contributed by atoms with Crippen molar-refractivity contribution in [3.63, 3.8) is 0 Å². The summed E-state index contributed by atoms with van der Waals surface area (Å²) in [5, 5.41) is 21.8. The fourth-order valence-corrected chi connectivity index (χ4v) is 6.02. The second-order valence-electron chi connectivity index (χ2n) is 11.9. The van der Waals surface area contributed by atoms with Crippen LogP contribution in [0.2, 0.25) is 0 Å². The molecular formula is C37H46N2O5. The van der Waals surface area contributed by atoms with Crippen LogP contribution in [0.15, 0.2) is 71.8 Å². The minimum atomic E-state index is -0.214. The third-order valence-corrected chi connectivity index (χ3v) is 8.71. The maximum absolute atomic E-state index is 9.60. The number of ether oxygens (including phenoxy) is 3. The summed E-state index contributed by atoms with van der Waals surface area (Å²) in [5.74, 6) is 2.50. The average Bonchev–Trinajstić information content (AvgIpc) is 3.01. The molecule has 3 N–H and O–H groups in total. The molecule has 7 heteroatoms. The van der Waals surface area contributed by atoms with E-state index in [4.69, 9.17) is 19.3 Å². The van der Waals surface area contributed by atoms with E-state index in [2.05, 4.69) is 73.5 Å². The summed E-state index contributed by atoms with van der Waals surface area (Å²) >= 11 is 0. The molecular weight excluding hydrogens is 552 g/mol. The summed E-state index contributed by atoms with van der Waals surface area (Å²) in [5.41, 5.74) is 10.9. The van der Waals surface area contributed by atoms with Gasteiger partial charge in [-0.25, -0.2) is 0 Å². The standard InChI is InChI=1S/C37H46N2O5/c1-25-17-28(19-38-15-16-40)11-14-36(25)44-24-31-8-6-10-35(27(31)3)34-9-5-7-30(26(34)2)23-43-33-13-12-29(37(18-33)42-4)20-39-21-32(41)22-39/h6,8-14,17-18,32,38,40-41H,5,7,15-16,19-24H2,1-4H3.